The van der Waals surface area contributed by atoms with Crippen LogP contribution in [0, 0.1) is 13.3 Å². The molecule has 1 N–H and O–H groups in total. The summed E-state index contributed by atoms with van der Waals surface area (Å²) in [5, 5.41) is 9.29. The molecule has 0 saturated heterocycles. The molecule has 0 aliphatic rings. The Bertz CT molecular complexity index is 262. The molecule has 4 nitrogen and oxygen atoms in total. The first-order chi connectivity index (χ1) is 8.67. The predicted molar refractivity (Wildman–Crippen MR) is 49.4 cm³/mol. The second kappa shape index (κ2) is 9.34. The van der Waals surface area contributed by atoms with E-state index in [1.165, 1.54) is 0 Å². The normalized spacial score (nSPS) is 14.9. The molecule has 12 heteroatoms. The van der Waals surface area contributed by atoms with Gasteiger partial charge in [0.05, 0.1) is 13.2 Å². The topological polar surface area (TPSA) is 47.9 Å². The summed E-state index contributed by atoms with van der Waals surface area (Å²) in [5.41, 5.74) is 0. The molecule has 0 heterocycles. The molecule has 0 aromatic heterocycles. The van der Waals surface area contributed by atoms with E-state index >= 15 is 0 Å². The van der Waals surface area contributed by atoms with Gasteiger partial charge in [-0.05, 0) is 0 Å². The molecule has 2 atom stereocenters. The molecule has 0 aromatic carbocycles. The molecule has 0 bridgehead atoms. The van der Waals surface area contributed by atoms with Gasteiger partial charge < -0.3 is 28.1 Å². The Hall–Kier alpha value is -2.58. The number of hydrogen-bond acceptors (Lipinski definition) is 4. The number of halogens is 6. The van der Waals surface area contributed by atoms with Gasteiger partial charge in [0.1, 0.15) is 12.2 Å². The van der Waals surface area contributed by atoms with Crippen LogP contribution in [0.3, 0.4) is 0 Å². The molecule has 0 aliphatic carbocycles. The number of aliphatic hydroxyl groups is 1. The zero-order valence-corrected chi connectivity index (χ0v) is 23.9. The Balaban J connectivity index is -0.00000162. The van der Waals surface area contributed by atoms with E-state index in [0.29, 0.717) is 0 Å². The van der Waals surface area contributed by atoms with Crippen molar-refractivity contribution in [3.05, 3.63) is 13.3 Å². The quantitative estimate of drug-likeness (QED) is 0.270. The molecule has 21 heavy (non-hydrogen) atoms. The van der Waals surface area contributed by atoms with Crippen molar-refractivity contribution in [2.45, 2.75) is 24.4 Å². The van der Waals surface area contributed by atoms with Crippen LogP contribution in [0.1, 0.15) is 0 Å². The molecule has 0 fully saturated rings. The van der Waals surface area contributed by atoms with E-state index in [1.807, 2.05) is 0 Å². The summed E-state index contributed by atoms with van der Waals surface area (Å²) >= 11 is 0. The second-order valence-corrected chi connectivity index (χ2v) is 3.31. The zero-order chi connectivity index (χ0) is 15.1. The van der Waals surface area contributed by atoms with Gasteiger partial charge in [0, 0.05) is 7.11 Å². The molecule has 0 radical (unpaired) electrons. The average molecular weight is 832 g/mol. The van der Waals surface area contributed by atoms with E-state index in [4.69, 9.17) is 0 Å². The summed E-state index contributed by atoms with van der Waals surface area (Å²) in [7, 11) is 0.966. The van der Waals surface area contributed by atoms with Crippen molar-refractivity contribution in [2.75, 3.05) is 20.3 Å². The van der Waals surface area contributed by atoms with Crippen LogP contribution in [0.25, 0.3) is 0 Å². The minimum atomic E-state index is -4.23. The van der Waals surface area contributed by atoms with Crippen LogP contribution in [-0.4, -0.2) is 49.9 Å². The fourth-order valence-corrected chi connectivity index (χ4v) is 0.896. The second-order valence-electron chi connectivity index (χ2n) is 3.31. The molecule has 0 spiro atoms. The summed E-state index contributed by atoms with van der Waals surface area (Å²) in [5.74, 6) is 0. The maximum Gasteiger partial charge on any atom is 0.258 e. The van der Waals surface area contributed by atoms with Crippen LogP contribution in [-0.2, 0) is 14.2 Å². The Morgan fingerprint density at radius 1 is 0.952 bits per heavy atom. The van der Waals surface area contributed by atoms with Crippen molar-refractivity contribution in [1.29, 1.82) is 0 Å². The first kappa shape index (κ1) is 23.5. The first-order valence-electron chi connectivity index (χ1n) is 4.81. The smallest absolute Gasteiger partial charge is 0.258 e. The van der Waals surface area contributed by atoms with Crippen LogP contribution in [0.4, 0.5) is 26.3 Å². The number of rotatable bonds is 10. The minimum absolute atomic E-state index is 0. The van der Waals surface area contributed by atoms with Crippen molar-refractivity contribution in [3.63, 3.8) is 0 Å². The number of alkyl halides is 4. The Kier molecular flexibility index (Phi) is 10.5. The van der Waals surface area contributed by atoms with Gasteiger partial charge in [0.15, 0.2) is 0 Å². The molecular formula is C9H12F6O4Rf2-2. The third-order valence-corrected chi connectivity index (χ3v) is 1.87. The van der Waals surface area contributed by atoms with Gasteiger partial charge in [-0.25, -0.2) is 17.6 Å². The van der Waals surface area contributed by atoms with Gasteiger partial charge >= 0.3 is 0 Å². The van der Waals surface area contributed by atoms with E-state index < -0.39 is 51.0 Å². The number of aliphatic hydroxyl groups excluding tert-OH is 1. The van der Waals surface area contributed by atoms with Crippen LogP contribution in [0.2, 0.25) is 0 Å². The van der Waals surface area contributed by atoms with Gasteiger partial charge in [-0.1, -0.05) is 13.3 Å². The van der Waals surface area contributed by atoms with Crippen LogP contribution in [0.15, 0.2) is 0 Å². The maximum atomic E-state index is 12.3. The van der Waals surface area contributed by atoms with Gasteiger partial charge in [-0.3, -0.25) is 0 Å². The van der Waals surface area contributed by atoms with Crippen molar-refractivity contribution in [2.24, 2.45) is 0 Å². The summed E-state index contributed by atoms with van der Waals surface area (Å²) in [6.45, 7) is -4.20. The Morgan fingerprint density at radius 2 is 1.33 bits per heavy atom. The molecule has 0 aliphatic heterocycles. The SMILES string of the molecule is COC(COC(F)(F)[CH-]F)C(O)COC(F)(F)[CH-]F.[Rf].[Rf]. The maximum absolute atomic E-state index is 12.3. The summed E-state index contributed by atoms with van der Waals surface area (Å²) in [6, 6.07) is 0. The molecule has 0 amide bonds. The van der Waals surface area contributed by atoms with E-state index in [0.717, 1.165) is 7.11 Å². The summed E-state index contributed by atoms with van der Waals surface area (Å²) in [4.78, 5) is 0. The predicted octanol–water partition coefficient (Wildman–Crippen LogP) is 1.84. The van der Waals surface area contributed by atoms with Crippen LogP contribution >= 0.6 is 0 Å². The van der Waals surface area contributed by atoms with E-state index in [1.54, 1.807) is 0 Å². The summed E-state index contributed by atoms with van der Waals surface area (Å²) < 4.78 is 84.3. The van der Waals surface area contributed by atoms with Crippen molar-refractivity contribution < 1.29 is 45.7 Å². The molecule has 0 saturated carbocycles. The molecule has 0 aromatic rings. The van der Waals surface area contributed by atoms with E-state index in [2.05, 4.69) is 14.2 Å². The third kappa shape index (κ3) is 9.03. The van der Waals surface area contributed by atoms with Crippen molar-refractivity contribution in [1.82, 2.24) is 0 Å². The Morgan fingerprint density at radius 3 is 1.67 bits per heavy atom. The molecular weight excluding hydrogens is 820 g/mol. The van der Waals surface area contributed by atoms with Crippen LogP contribution < -0.4 is 0 Å². The zero-order valence-electron chi connectivity index (χ0n) is 11.1. The minimum Gasteiger partial charge on any atom is -0.451 e. The molecule has 0 rings (SSSR count). The van der Waals surface area contributed by atoms with Crippen LogP contribution in [0.5, 0.6) is 0 Å². The van der Waals surface area contributed by atoms with E-state index in [9.17, 15) is 31.4 Å². The largest absolute Gasteiger partial charge is 0.451 e. The number of ether oxygens (including phenoxy) is 3. The van der Waals surface area contributed by atoms with Gasteiger partial charge in [0.2, 0.25) is 0 Å². The standard InChI is InChI=1S/C9H12F6O4.2Rf/c1-17-7(3-19-9(14,15)5-11)6(16)2-18-8(12,13)4-10;;/h4-7,16H,2-3H2,1H3;;/q-2;;. The first-order valence-corrected chi connectivity index (χ1v) is 4.81. The third-order valence-electron chi connectivity index (χ3n) is 1.87. The Labute approximate surface area is 105 Å². The van der Waals surface area contributed by atoms with Gasteiger partial charge in [-0.2, -0.15) is 0 Å². The molecule has 2 unspecified atom stereocenters. The fourth-order valence-electron chi connectivity index (χ4n) is 0.896. The molecule has 120 valence electrons. The van der Waals surface area contributed by atoms with Gasteiger partial charge in [-0.15, -0.1) is 0 Å². The monoisotopic (exact) mass is 832 g/mol. The number of methoxy groups -OCH3 is 1. The van der Waals surface area contributed by atoms with Gasteiger partial charge in [0.25, 0.3) is 12.2 Å². The average Bonchev–Trinajstić information content (AvgIpc) is 2.37. The van der Waals surface area contributed by atoms with Crippen molar-refractivity contribution in [3.8, 4) is 0 Å². The number of hydrogen-bond donors (Lipinski definition) is 1. The van der Waals surface area contributed by atoms with Crippen molar-refractivity contribution >= 4 is 0 Å². The summed E-state index contributed by atoms with van der Waals surface area (Å²) in [6.07, 6.45) is -11.7. The fraction of sp³-hybridized carbons (Fsp3) is 0.778. The van der Waals surface area contributed by atoms with E-state index in [-0.39, 0.29) is 0 Å².